The number of aromatic nitrogens is 1. The third-order valence-electron chi connectivity index (χ3n) is 7.02. The maximum Gasteiger partial charge on any atom is 0.417 e. The summed E-state index contributed by atoms with van der Waals surface area (Å²) in [6, 6.07) is 2.09. The molecule has 7 heteroatoms. The Morgan fingerprint density at radius 2 is 1.82 bits per heavy atom. The zero-order valence-electron chi connectivity index (χ0n) is 21.7. The maximum atomic E-state index is 13.0. The van der Waals surface area contributed by atoms with Crippen molar-refractivity contribution in [3.63, 3.8) is 0 Å². The van der Waals surface area contributed by atoms with Crippen LogP contribution in [0.15, 0.2) is 12.3 Å². The first-order valence-corrected chi connectivity index (χ1v) is 13.3. The fourth-order valence-corrected chi connectivity index (χ4v) is 5.25. The number of hydrogen-bond acceptors (Lipinski definition) is 3. The van der Waals surface area contributed by atoms with Gasteiger partial charge in [0.25, 0.3) is 0 Å². The van der Waals surface area contributed by atoms with Gasteiger partial charge in [0.1, 0.15) is 0 Å². The van der Waals surface area contributed by atoms with Crippen molar-refractivity contribution in [2.45, 2.75) is 117 Å². The molecule has 4 atom stereocenters. The molecule has 4 nitrogen and oxygen atoms in total. The number of pyridine rings is 1. The van der Waals surface area contributed by atoms with E-state index in [1.165, 1.54) is 32.1 Å². The van der Waals surface area contributed by atoms with Crippen molar-refractivity contribution in [1.82, 2.24) is 15.2 Å². The van der Waals surface area contributed by atoms with E-state index in [2.05, 4.69) is 31.1 Å². The summed E-state index contributed by atoms with van der Waals surface area (Å²) in [6.07, 6.45) is 6.04. The third-order valence-corrected chi connectivity index (χ3v) is 7.02. The van der Waals surface area contributed by atoms with Crippen LogP contribution in [0, 0.1) is 11.8 Å². The zero-order valence-corrected chi connectivity index (χ0v) is 21.7. The molecule has 0 saturated heterocycles. The Morgan fingerprint density at radius 3 is 2.47 bits per heavy atom. The zero-order chi connectivity index (χ0) is 25.3. The first-order chi connectivity index (χ1) is 16.2. The molecular weight excluding hydrogens is 439 g/mol. The van der Waals surface area contributed by atoms with Gasteiger partial charge in [0.2, 0.25) is 5.91 Å². The van der Waals surface area contributed by atoms with Crippen LogP contribution >= 0.6 is 0 Å². The number of halogens is 3. The molecule has 1 amide bonds. The van der Waals surface area contributed by atoms with Crippen LogP contribution in [0.2, 0.25) is 0 Å². The van der Waals surface area contributed by atoms with Gasteiger partial charge in [-0.2, -0.15) is 13.2 Å². The van der Waals surface area contributed by atoms with E-state index in [1.54, 1.807) is 4.90 Å². The van der Waals surface area contributed by atoms with Crippen LogP contribution in [0.1, 0.15) is 103 Å². The molecular formula is C27H44F3N3O. The van der Waals surface area contributed by atoms with Crippen LogP contribution in [0.3, 0.4) is 0 Å². The predicted molar refractivity (Wildman–Crippen MR) is 131 cm³/mol. The summed E-state index contributed by atoms with van der Waals surface area (Å²) in [5, 5.41) is 3.79. The minimum absolute atomic E-state index is 0.0216. The van der Waals surface area contributed by atoms with Crippen molar-refractivity contribution in [1.29, 1.82) is 0 Å². The molecule has 3 aliphatic rings. The highest BCUT2D eigenvalue weighted by Gasteiger charge is 2.37. The Kier molecular flexibility index (Phi) is 11.3. The average Bonchev–Trinajstić information content (AvgIpc) is 3.29. The normalized spacial score (nSPS) is 26.5. The van der Waals surface area contributed by atoms with Crippen LogP contribution in [0.4, 0.5) is 13.2 Å². The summed E-state index contributed by atoms with van der Waals surface area (Å²) >= 11 is 0. The molecule has 1 aromatic heterocycles. The number of hydrogen-bond donors (Lipinski definition) is 1. The lowest BCUT2D eigenvalue weighted by molar-refractivity contribution is -0.137. The number of nitrogens with one attached hydrogen (secondary N) is 1. The summed E-state index contributed by atoms with van der Waals surface area (Å²) in [7, 11) is 0. The number of fused-ring (bicyclic) bond motifs is 1. The number of rotatable bonds is 3. The highest BCUT2D eigenvalue weighted by molar-refractivity contribution is 5.79. The lowest BCUT2D eigenvalue weighted by Crippen LogP contribution is -2.43. The van der Waals surface area contributed by atoms with Crippen molar-refractivity contribution in [2.24, 2.45) is 11.8 Å². The van der Waals surface area contributed by atoms with Gasteiger partial charge in [-0.25, -0.2) is 0 Å². The van der Waals surface area contributed by atoms with Gasteiger partial charge in [0, 0.05) is 49.4 Å². The van der Waals surface area contributed by atoms with Gasteiger partial charge in [0.15, 0.2) is 0 Å². The highest BCUT2D eigenvalue weighted by atomic mass is 19.4. The van der Waals surface area contributed by atoms with Crippen molar-refractivity contribution in [3.8, 4) is 0 Å². The SMILES string of the molecule is CC.CC1CCCCC1N[C@@H]1CCC(C(=O)N2CCc3ncc(C(F)(F)F)cc3C2)C1.CCC. The molecule has 3 unspecified atom stereocenters. The lowest BCUT2D eigenvalue weighted by Gasteiger charge is -2.33. The van der Waals surface area contributed by atoms with Crippen LogP contribution in [-0.2, 0) is 23.9 Å². The van der Waals surface area contributed by atoms with Gasteiger partial charge in [-0.05, 0) is 49.7 Å². The van der Waals surface area contributed by atoms with E-state index in [0.29, 0.717) is 42.2 Å². The van der Waals surface area contributed by atoms with E-state index in [4.69, 9.17) is 0 Å². The Hall–Kier alpha value is -1.63. The molecule has 2 saturated carbocycles. The smallest absolute Gasteiger partial charge is 0.338 e. The van der Waals surface area contributed by atoms with Gasteiger partial charge in [-0.15, -0.1) is 0 Å². The number of carbonyl (C=O) groups excluding carboxylic acids is 1. The molecule has 0 bridgehead atoms. The predicted octanol–water partition coefficient (Wildman–Crippen LogP) is 6.76. The summed E-state index contributed by atoms with van der Waals surface area (Å²) in [5.74, 6) is 0.758. The van der Waals surface area contributed by atoms with Crippen LogP contribution in [0.25, 0.3) is 0 Å². The molecule has 1 aromatic rings. The molecule has 4 rings (SSSR count). The molecule has 2 heterocycles. The Morgan fingerprint density at radius 1 is 1.15 bits per heavy atom. The third kappa shape index (κ3) is 7.69. The van der Waals surface area contributed by atoms with Crippen molar-refractivity contribution in [2.75, 3.05) is 6.54 Å². The van der Waals surface area contributed by atoms with E-state index in [0.717, 1.165) is 31.5 Å². The average molecular weight is 484 g/mol. The first-order valence-electron chi connectivity index (χ1n) is 13.3. The second-order valence-electron chi connectivity index (χ2n) is 9.79. The quantitative estimate of drug-likeness (QED) is 0.516. The van der Waals surface area contributed by atoms with E-state index < -0.39 is 11.7 Å². The molecule has 1 aliphatic heterocycles. The lowest BCUT2D eigenvalue weighted by atomic mass is 9.85. The second-order valence-corrected chi connectivity index (χ2v) is 9.79. The molecule has 2 aliphatic carbocycles. The summed E-state index contributed by atoms with van der Waals surface area (Å²) in [6.45, 7) is 11.3. The van der Waals surface area contributed by atoms with Gasteiger partial charge in [0.05, 0.1) is 5.56 Å². The Labute approximate surface area is 204 Å². The van der Waals surface area contributed by atoms with Crippen LogP contribution in [-0.4, -0.2) is 34.4 Å². The molecule has 1 N–H and O–H groups in total. The standard InChI is InChI=1S/C22H30F3N3O.C3H8.C2H6/c1-14-4-2-3-5-19(14)27-18-7-6-15(11-18)21(29)28-9-8-20-16(13-28)10-17(12-26-20)22(23,24)25;1-3-2;1-2/h10,12,14-15,18-19,27H,2-9,11,13H2,1H3;3H2,1-2H3;1-2H3/t14?,15?,18-,19?;;/m1../s1. The number of nitrogens with zero attached hydrogens (tertiary/aromatic N) is 2. The van der Waals surface area contributed by atoms with Crippen molar-refractivity contribution in [3.05, 3.63) is 29.1 Å². The maximum absolute atomic E-state index is 13.0. The first kappa shape index (κ1) is 28.6. The van der Waals surface area contributed by atoms with E-state index >= 15 is 0 Å². The summed E-state index contributed by atoms with van der Waals surface area (Å²) in [4.78, 5) is 18.8. The number of alkyl halides is 3. The highest BCUT2D eigenvalue weighted by Crippen LogP contribution is 2.34. The van der Waals surface area contributed by atoms with E-state index in [-0.39, 0.29) is 18.4 Å². The molecule has 0 aromatic carbocycles. The summed E-state index contributed by atoms with van der Waals surface area (Å²) in [5.41, 5.74) is 0.472. The van der Waals surface area contributed by atoms with Crippen molar-refractivity contribution >= 4 is 5.91 Å². The minimum Gasteiger partial charge on any atom is -0.338 e. The topological polar surface area (TPSA) is 45.2 Å². The van der Waals surface area contributed by atoms with E-state index in [9.17, 15) is 18.0 Å². The van der Waals surface area contributed by atoms with E-state index in [1.807, 2.05) is 13.8 Å². The Balaban J connectivity index is 0.000000758. The molecule has 194 valence electrons. The van der Waals surface area contributed by atoms with Gasteiger partial charge < -0.3 is 10.2 Å². The number of amides is 1. The Bertz CT molecular complexity index is 768. The number of carbonyl (C=O) groups is 1. The van der Waals surface area contributed by atoms with Gasteiger partial charge in [-0.3, -0.25) is 9.78 Å². The fourth-order valence-electron chi connectivity index (χ4n) is 5.25. The molecule has 0 spiro atoms. The van der Waals surface area contributed by atoms with Crippen LogP contribution in [0.5, 0.6) is 0 Å². The summed E-state index contributed by atoms with van der Waals surface area (Å²) < 4.78 is 39.0. The molecule has 0 radical (unpaired) electrons. The molecule has 2 fully saturated rings. The second kappa shape index (κ2) is 13.5. The minimum atomic E-state index is -4.41. The van der Waals surface area contributed by atoms with Gasteiger partial charge >= 0.3 is 6.18 Å². The largest absolute Gasteiger partial charge is 0.417 e. The van der Waals surface area contributed by atoms with Gasteiger partial charge in [-0.1, -0.05) is 53.9 Å². The van der Waals surface area contributed by atoms with Crippen LogP contribution < -0.4 is 5.32 Å². The molecule has 34 heavy (non-hydrogen) atoms. The fraction of sp³-hybridized carbons (Fsp3) is 0.778. The van der Waals surface area contributed by atoms with Crippen molar-refractivity contribution < 1.29 is 18.0 Å². The monoisotopic (exact) mass is 483 g/mol.